The number of carbonyl (C=O) groups excluding carboxylic acids is 1. The van der Waals surface area contributed by atoms with E-state index < -0.39 is 9.84 Å². The number of thioether (sulfide) groups is 1. The summed E-state index contributed by atoms with van der Waals surface area (Å²) < 4.78 is 41.1. The smallest absolute Gasteiger partial charge is 0.252 e. The van der Waals surface area contributed by atoms with E-state index in [9.17, 15) is 13.2 Å². The van der Waals surface area contributed by atoms with Gasteiger partial charge in [0.05, 0.1) is 44.8 Å². The molecule has 35 heavy (non-hydrogen) atoms. The first-order chi connectivity index (χ1) is 16.8. The van der Waals surface area contributed by atoms with E-state index in [1.54, 1.807) is 32.4 Å². The number of unbranched alkanes of at least 4 members (excludes halogenated alkanes) is 1. The van der Waals surface area contributed by atoms with Crippen LogP contribution in [0.3, 0.4) is 0 Å². The lowest BCUT2D eigenvalue weighted by atomic mass is 10.1. The molecule has 2 saturated heterocycles. The van der Waals surface area contributed by atoms with Crippen LogP contribution in [0, 0.1) is 0 Å². The number of methoxy groups -OCH3 is 2. The average molecular weight is 519 g/mol. The second kappa shape index (κ2) is 10.9. The van der Waals surface area contributed by atoms with Crippen molar-refractivity contribution in [2.45, 2.75) is 37.5 Å². The minimum absolute atomic E-state index is 0.0362. The lowest BCUT2D eigenvalue weighted by Gasteiger charge is -2.25. The van der Waals surface area contributed by atoms with Crippen LogP contribution < -0.4 is 19.1 Å². The molecule has 0 aromatic heterocycles. The maximum atomic E-state index is 12.9. The van der Waals surface area contributed by atoms with Crippen molar-refractivity contribution in [3.8, 4) is 17.2 Å². The summed E-state index contributed by atoms with van der Waals surface area (Å²) in [5, 5.41) is 0.350. The third-order valence-electron chi connectivity index (χ3n) is 5.95. The molecule has 0 saturated carbocycles. The van der Waals surface area contributed by atoms with Crippen molar-refractivity contribution in [2.75, 3.05) is 37.2 Å². The van der Waals surface area contributed by atoms with Crippen molar-refractivity contribution in [2.24, 2.45) is 4.99 Å². The Labute approximate surface area is 210 Å². The van der Waals surface area contributed by atoms with Crippen LogP contribution in [0.4, 0.5) is 5.69 Å². The number of aliphatic imine (C=N–C) groups is 1. The second-order valence-corrected chi connectivity index (χ2v) is 11.9. The Morgan fingerprint density at radius 2 is 1.91 bits per heavy atom. The van der Waals surface area contributed by atoms with E-state index in [2.05, 4.69) is 11.9 Å². The average Bonchev–Trinajstić information content (AvgIpc) is 3.29. The molecule has 0 radical (unpaired) electrons. The first-order valence-corrected chi connectivity index (χ1v) is 14.2. The van der Waals surface area contributed by atoms with Crippen molar-refractivity contribution >= 4 is 38.4 Å². The molecule has 10 heteroatoms. The first-order valence-electron chi connectivity index (χ1n) is 11.5. The summed E-state index contributed by atoms with van der Waals surface area (Å²) in [7, 11) is -0.0460. The number of hydrogen-bond donors (Lipinski definition) is 0. The molecule has 0 bridgehead atoms. The highest BCUT2D eigenvalue weighted by atomic mass is 32.2. The van der Waals surface area contributed by atoms with Crippen LogP contribution in [0.5, 0.6) is 17.2 Å². The third-order valence-corrected chi connectivity index (χ3v) is 9.16. The fraction of sp³-hybridized carbons (Fsp3) is 0.440. The molecule has 2 heterocycles. The van der Waals surface area contributed by atoms with E-state index in [1.807, 2.05) is 29.2 Å². The van der Waals surface area contributed by atoms with Gasteiger partial charge in [0, 0.05) is 17.0 Å². The van der Waals surface area contributed by atoms with Crippen LogP contribution in [0.25, 0.3) is 0 Å². The molecule has 2 aliphatic rings. The number of rotatable bonds is 9. The van der Waals surface area contributed by atoms with E-state index >= 15 is 0 Å². The van der Waals surface area contributed by atoms with Gasteiger partial charge in [-0.05, 0) is 36.2 Å². The fourth-order valence-electron chi connectivity index (χ4n) is 4.24. The van der Waals surface area contributed by atoms with Crippen LogP contribution in [0.2, 0.25) is 0 Å². The molecule has 188 valence electrons. The summed E-state index contributed by atoms with van der Waals surface area (Å²) in [6, 6.07) is 12.6. The number of amides is 1. The number of anilines is 1. The maximum Gasteiger partial charge on any atom is 0.252 e. The Bertz CT molecular complexity index is 1210. The summed E-state index contributed by atoms with van der Waals surface area (Å²) in [6.07, 6.45) is 2.07. The standard InChI is InChI=1S/C25H30N2O6S2/c1-4-5-11-33-19-8-6-7-18(14-19)27-20-15-35(29,30)16-23(20)34-25(27)26-24(28)13-17-9-10-21(31-2)22(12-17)32-3/h6-10,12,14,20,23H,4-5,11,13,15-16H2,1-3H3/t20-,23+/m1/s1. The number of sulfone groups is 1. The van der Waals surface area contributed by atoms with Gasteiger partial charge < -0.3 is 19.1 Å². The van der Waals surface area contributed by atoms with Crippen molar-refractivity contribution in [1.82, 2.24) is 0 Å². The molecule has 2 aliphatic heterocycles. The van der Waals surface area contributed by atoms with Crippen LogP contribution in [-0.4, -0.2) is 63.1 Å². The number of hydrogen-bond acceptors (Lipinski definition) is 7. The molecule has 0 unspecified atom stereocenters. The summed E-state index contributed by atoms with van der Waals surface area (Å²) in [5.41, 5.74) is 1.52. The van der Waals surface area contributed by atoms with Gasteiger partial charge in [-0.1, -0.05) is 37.2 Å². The Hall–Kier alpha value is -2.72. The summed E-state index contributed by atoms with van der Waals surface area (Å²) in [5.74, 6) is 1.64. The minimum atomic E-state index is -3.15. The molecule has 1 amide bonds. The van der Waals surface area contributed by atoms with E-state index in [-0.39, 0.29) is 35.1 Å². The normalized spacial score (nSPS) is 21.7. The molecular formula is C25H30N2O6S2. The Balaban J connectivity index is 1.59. The van der Waals surface area contributed by atoms with Gasteiger partial charge in [0.15, 0.2) is 26.5 Å². The summed E-state index contributed by atoms with van der Waals surface area (Å²) in [4.78, 5) is 19.3. The fourth-order valence-corrected chi connectivity index (χ4v) is 8.17. The van der Waals surface area contributed by atoms with Gasteiger partial charge in [-0.3, -0.25) is 4.79 Å². The molecule has 0 aliphatic carbocycles. The Morgan fingerprint density at radius 3 is 2.66 bits per heavy atom. The topological polar surface area (TPSA) is 94.5 Å². The quantitative estimate of drug-likeness (QED) is 0.464. The van der Waals surface area contributed by atoms with E-state index in [0.29, 0.717) is 29.0 Å². The van der Waals surface area contributed by atoms with Gasteiger partial charge in [-0.2, -0.15) is 4.99 Å². The monoisotopic (exact) mass is 518 g/mol. The molecule has 2 aromatic rings. The number of benzene rings is 2. The molecule has 0 N–H and O–H groups in total. The van der Waals surface area contributed by atoms with Crippen LogP contribution in [-0.2, 0) is 21.1 Å². The van der Waals surface area contributed by atoms with Crippen molar-refractivity contribution in [1.29, 1.82) is 0 Å². The second-order valence-electron chi connectivity index (χ2n) is 8.52. The molecule has 2 fully saturated rings. The van der Waals surface area contributed by atoms with Crippen molar-refractivity contribution < 1.29 is 27.4 Å². The van der Waals surface area contributed by atoms with Gasteiger partial charge in [-0.25, -0.2) is 8.42 Å². The van der Waals surface area contributed by atoms with Gasteiger partial charge in [-0.15, -0.1) is 0 Å². The van der Waals surface area contributed by atoms with Crippen molar-refractivity contribution in [3.63, 3.8) is 0 Å². The number of ether oxygens (including phenoxy) is 3. The molecule has 2 aromatic carbocycles. The van der Waals surface area contributed by atoms with E-state index in [1.165, 1.54) is 11.8 Å². The van der Waals surface area contributed by atoms with E-state index in [4.69, 9.17) is 14.2 Å². The maximum absolute atomic E-state index is 12.9. The Morgan fingerprint density at radius 1 is 1.11 bits per heavy atom. The third kappa shape index (κ3) is 5.92. The highest BCUT2D eigenvalue weighted by Crippen LogP contribution is 2.41. The number of nitrogens with zero attached hydrogens (tertiary/aromatic N) is 2. The first kappa shape index (κ1) is 25.4. The lowest BCUT2D eigenvalue weighted by Crippen LogP contribution is -2.37. The number of amidine groups is 1. The van der Waals surface area contributed by atoms with Crippen molar-refractivity contribution in [3.05, 3.63) is 48.0 Å². The SMILES string of the molecule is CCCCOc1cccc(N2C(=NC(=O)Cc3ccc(OC)c(OC)c3)S[C@H]3CS(=O)(=O)C[C@H]32)c1. The van der Waals surface area contributed by atoms with Gasteiger partial charge in [0.1, 0.15) is 5.75 Å². The zero-order valence-electron chi connectivity index (χ0n) is 20.1. The zero-order chi connectivity index (χ0) is 25.0. The highest BCUT2D eigenvalue weighted by molar-refractivity contribution is 8.16. The van der Waals surface area contributed by atoms with Crippen LogP contribution >= 0.6 is 11.8 Å². The molecule has 2 atom stereocenters. The number of fused-ring (bicyclic) bond motifs is 1. The van der Waals surface area contributed by atoms with E-state index in [0.717, 1.165) is 24.1 Å². The lowest BCUT2D eigenvalue weighted by molar-refractivity contribution is -0.117. The largest absolute Gasteiger partial charge is 0.494 e. The van der Waals surface area contributed by atoms with Crippen LogP contribution in [0.15, 0.2) is 47.5 Å². The molecule has 4 rings (SSSR count). The predicted molar refractivity (Wildman–Crippen MR) is 139 cm³/mol. The zero-order valence-corrected chi connectivity index (χ0v) is 21.7. The minimum Gasteiger partial charge on any atom is -0.494 e. The van der Waals surface area contributed by atoms with Gasteiger partial charge in [0.25, 0.3) is 5.91 Å². The predicted octanol–water partition coefficient (Wildman–Crippen LogP) is 3.73. The van der Waals surface area contributed by atoms with Gasteiger partial charge >= 0.3 is 0 Å². The summed E-state index contributed by atoms with van der Waals surface area (Å²) in [6.45, 7) is 2.71. The number of carbonyl (C=O) groups is 1. The summed E-state index contributed by atoms with van der Waals surface area (Å²) >= 11 is 1.36. The molecule has 8 nitrogen and oxygen atoms in total. The highest BCUT2D eigenvalue weighted by Gasteiger charge is 2.49. The Kier molecular flexibility index (Phi) is 7.91. The van der Waals surface area contributed by atoms with Gasteiger partial charge in [0.2, 0.25) is 0 Å². The van der Waals surface area contributed by atoms with Crippen LogP contribution in [0.1, 0.15) is 25.3 Å². The molecule has 0 spiro atoms. The molecular weight excluding hydrogens is 488 g/mol.